The van der Waals surface area contributed by atoms with Crippen LogP contribution in [0.15, 0.2) is 54.0 Å². The van der Waals surface area contributed by atoms with Gasteiger partial charge in [-0.3, -0.25) is 5.10 Å². The number of alkyl halides is 1. The summed E-state index contributed by atoms with van der Waals surface area (Å²) in [6.07, 6.45) is 1.82. The minimum atomic E-state index is 0.615. The molecule has 0 aliphatic heterocycles. The van der Waals surface area contributed by atoms with Gasteiger partial charge in [-0.2, -0.15) is 10.1 Å². The molecule has 0 spiro atoms. The largest absolute Gasteiger partial charge is 0.350 e. The Morgan fingerprint density at radius 3 is 2.93 bits per heavy atom. The molecule has 8 heteroatoms. The number of hydrogen-bond acceptors (Lipinski definition) is 6. The van der Waals surface area contributed by atoms with Crippen LogP contribution < -0.4 is 10.6 Å². The molecule has 0 fully saturated rings. The zero-order chi connectivity index (χ0) is 20.5. The van der Waals surface area contributed by atoms with Crippen LogP contribution in [0.3, 0.4) is 0 Å². The van der Waals surface area contributed by atoms with Crippen LogP contribution in [-0.4, -0.2) is 20.2 Å². The van der Waals surface area contributed by atoms with Crippen LogP contribution in [0.25, 0.3) is 21.1 Å². The standard InChI is InChI=1S/C22H19IN6S/c1-13-2-3-14(8-15(13)10-23)11-24-22-27-19-6-7-30-20(19)21(28-22)26-17-4-5-18-16(9-17)12-25-29-18/h2-9,12H,10-11H2,1H3,(H,25,29)(H2,24,26,27,28). The third kappa shape index (κ3) is 3.84. The van der Waals surface area contributed by atoms with Crippen LogP contribution in [0.2, 0.25) is 0 Å². The second-order valence-corrected chi connectivity index (χ2v) is 8.75. The quantitative estimate of drug-likeness (QED) is 0.182. The van der Waals surface area contributed by atoms with Gasteiger partial charge >= 0.3 is 0 Å². The highest BCUT2D eigenvalue weighted by Crippen LogP contribution is 2.30. The predicted molar refractivity (Wildman–Crippen MR) is 133 cm³/mol. The minimum Gasteiger partial charge on any atom is -0.350 e. The zero-order valence-electron chi connectivity index (χ0n) is 16.2. The number of halogens is 1. The zero-order valence-corrected chi connectivity index (χ0v) is 19.2. The summed E-state index contributed by atoms with van der Waals surface area (Å²) in [4.78, 5) is 9.45. The molecule has 3 aromatic heterocycles. The monoisotopic (exact) mass is 526 g/mol. The average Bonchev–Trinajstić information content (AvgIpc) is 3.42. The van der Waals surface area contributed by atoms with Crippen molar-refractivity contribution in [1.82, 2.24) is 20.2 Å². The van der Waals surface area contributed by atoms with Crippen molar-refractivity contribution in [3.8, 4) is 0 Å². The number of anilines is 3. The van der Waals surface area contributed by atoms with Crippen molar-refractivity contribution in [2.75, 3.05) is 10.6 Å². The summed E-state index contributed by atoms with van der Waals surface area (Å²) in [5.74, 6) is 1.42. The highest BCUT2D eigenvalue weighted by Gasteiger charge is 2.10. The maximum absolute atomic E-state index is 4.76. The number of rotatable bonds is 6. The predicted octanol–water partition coefficient (Wildman–Crippen LogP) is 6.17. The topological polar surface area (TPSA) is 78.5 Å². The summed E-state index contributed by atoms with van der Waals surface area (Å²) >= 11 is 4.04. The Hall–Kier alpha value is -2.72. The van der Waals surface area contributed by atoms with E-state index in [-0.39, 0.29) is 0 Å². The van der Waals surface area contributed by atoms with Crippen LogP contribution in [0, 0.1) is 6.92 Å². The van der Waals surface area contributed by atoms with Crippen LogP contribution in [0.5, 0.6) is 0 Å². The molecule has 0 aliphatic carbocycles. The van der Waals surface area contributed by atoms with Crippen LogP contribution >= 0.6 is 33.9 Å². The molecule has 0 unspecified atom stereocenters. The Morgan fingerprint density at radius 1 is 1.10 bits per heavy atom. The number of aryl methyl sites for hydroxylation is 1. The Labute approximate surface area is 191 Å². The highest BCUT2D eigenvalue weighted by atomic mass is 127. The molecule has 6 nitrogen and oxygen atoms in total. The van der Waals surface area contributed by atoms with Crippen LogP contribution in [0.1, 0.15) is 16.7 Å². The van der Waals surface area contributed by atoms with Gasteiger partial charge in [0.05, 0.1) is 21.9 Å². The van der Waals surface area contributed by atoms with Gasteiger partial charge in [0.25, 0.3) is 0 Å². The molecule has 0 amide bonds. The SMILES string of the molecule is Cc1ccc(CNc2nc(Nc3ccc4[nH]ncc4c3)c3sccc3n2)cc1CI. The van der Waals surface area contributed by atoms with Crippen molar-refractivity contribution in [2.45, 2.75) is 17.9 Å². The molecule has 3 heterocycles. The fraction of sp³-hybridized carbons (Fsp3) is 0.136. The number of aromatic amines is 1. The van der Waals surface area contributed by atoms with Gasteiger partial charge in [-0.15, -0.1) is 11.3 Å². The molecule has 150 valence electrons. The number of hydrogen-bond donors (Lipinski definition) is 3. The number of H-pyrrole nitrogens is 1. The lowest BCUT2D eigenvalue weighted by Gasteiger charge is -2.11. The summed E-state index contributed by atoms with van der Waals surface area (Å²) in [5.41, 5.74) is 6.82. The van der Waals surface area contributed by atoms with E-state index in [1.165, 1.54) is 16.7 Å². The summed E-state index contributed by atoms with van der Waals surface area (Å²) in [6, 6.07) is 14.7. The lowest BCUT2D eigenvalue weighted by Crippen LogP contribution is -2.06. The van der Waals surface area contributed by atoms with Gasteiger partial charge in [0.15, 0.2) is 5.82 Å². The van der Waals surface area contributed by atoms with Gasteiger partial charge in [-0.25, -0.2) is 4.98 Å². The average molecular weight is 526 g/mol. The van der Waals surface area contributed by atoms with Gasteiger partial charge in [0.2, 0.25) is 5.95 Å². The molecule has 5 rings (SSSR count). The van der Waals surface area contributed by atoms with E-state index in [0.717, 1.165) is 37.1 Å². The summed E-state index contributed by atoms with van der Waals surface area (Å²) in [6.45, 7) is 2.83. The molecule has 30 heavy (non-hydrogen) atoms. The maximum atomic E-state index is 4.76. The first-order valence-corrected chi connectivity index (χ1v) is 11.9. The number of nitrogens with one attached hydrogen (secondary N) is 3. The van der Waals surface area contributed by atoms with Gasteiger partial charge in [0.1, 0.15) is 0 Å². The molecular formula is C22H19IN6S. The van der Waals surface area contributed by atoms with Crippen molar-refractivity contribution in [2.24, 2.45) is 0 Å². The van der Waals surface area contributed by atoms with Crippen molar-refractivity contribution >= 4 is 72.5 Å². The fourth-order valence-electron chi connectivity index (χ4n) is 3.34. The molecule has 0 saturated heterocycles. The van der Waals surface area contributed by atoms with E-state index in [1.807, 2.05) is 29.8 Å². The second-order valence-electron chi connectivity index (χ2n) is 7.08. The molecule has 5 aromatic rings. The Balaban J connectivity index is 1.42. The van der Waals surface area contributed by atoms with E-state index in [0.29, 0.717) is 12.5 Å². The first kappa shape index (κ1) is 19.3. The van der Waals surface area contributed by atoms with E-state index in [4.69, 9.17) is 4.98 Å². The van der Waals surface area contributed by atoms with E-state index >= 15 is 0 Å². The highest BCUT2D eigenvalue weighted by molar-refractivity contribution is 14.1. The van der Waals surface area contributed by atoms with E-state index in [1.54, 1.807) is 11.3 Å². The Kier molecular flexibility index (Phi) is 5.26. The van der Waals surface area contributed by atoms with Crippen molar-refractivity contribution < 1.29 is 0 Å². The van der Waals surface area contributed by atoms with E-state index in [2.05, 4.69) is 79.6 Å². The maximum Gasteiger partial charge on any atom is 0.225 e. The third-order valence-corrected chi connectivity index (χ3v) is 6.75. The molecule has 0 aliphatic rings. The lowest BCUT2D eigenvalue weighted by molar-refractivity contribution is 1.07. The van der Waals surface area contributed by atoms with Gasteiger partial charge in [-0.05, 0) is 53.3 Å². The first-order chi connectivity index (χ1) is 14.7. The number of benzene rings is 2. The van der Waals surface area contributed by atoms with E-state index in [9.17, 15) is 0 Å². The molecule has 0 radical (unpaired) electrons. The molecular weight excluding hydrogens is 507 g/mol. The number of thiophene rings is 1. The van der Waals surface area contributed by atoms with Gasteiger partial charge in [0, 0.05) is 22.0 Å². The molecule has 0 saturated carbocycles. The van der Waals surface area contributed by atoms with Gasteiger partial charge < -0.3 is 10.6 Å². The molecule has 0 atom stereocenters. The lowest BCUT2D eigenvalue weighted by atomic mass is 10.1. The fourth-order valence-corrected chi connectivity index (χ4v) is 4.94. The smallest absolute Gasteiger partial charge is 0.225 e. The molecule has 2 aromatic carbocycles. The minimum absolute atomic E-state index is 0.615. The van der Waals surface area contributed by atoms with Gasteiger partial charge in [-0.1, -0.05) is 40.8 Å². The Bertz CT molecular complexity index is 1340. The normalized spacial score (nSPS) is 11.3. The number of nitrogens with zero attached hydrogens (tertiary/aromatic N) is 3. The van der Waals surface area contributed by atoms with E-state index < -0.39 is 0 Å². The second kappa shape index (κ2) is 8.19. The molecule has 0 bridgehead atoms. The summed E-state index contributed by atoms with van der Waals surface area (Å²) < 4.78 is 2.04. The Morgan fingerprint density at radius 2 is 2.03 bits per heavy atom. The first-order valence-electron chi connectivity index (χ1n) is 9.53. The number of fused-ring (bicyclic) bond motifs is 2. The summed E-state index contributed by atoms with van der Waals surface area (Å²) in [7, 11) is 0. The van der Waals surface area contributed by atoms with Crippen molar-refractivity contribution in [3.05, 3.63) is 70.7 Å². The van der Waals surface area contributed by atoms with Crippen LogP contribution in [0.4, 0.5) is 17.5 Å². The summed E-state index contributed by atoms with van der Waals surface area (Å²) in [5, 5.41) is 17.0. The van der Waals surface area contributed by atoms with Crippen molar-refractivity contribution in [3.63, 3.8) is 0 Å². The van der Waals surface area contributed by atoms with Crippen LogP contribution in [-0.2, 0) is 11.0 Å². The van der Waals surface area contributed by atoms with Crippen molar-refractivity contribution in [1.29, 1.82) is 0 Å². The third-order valence-electron chi connectivity index (χ3n) is 5.01. The number of aromatic nitrogens is 4. The molecule has 3 N–H and O–H groups in total.